The van der Waals surface area contributed by atoms with E-state index in [0.29, 0.717) is 10.1 Å². The van der Waals surface area contributed by atoms with Crippen molar-refractivity contribution in [1.29, 1.82) is 0 Å². The second-order valence-corrected chi connectivity index (χ2v) is 7.74. The number of nitrogens with one attached hydrogen (secondary N) is 1. The minimum atomic E-state index is -4.28. The van der Waals surface area contributed by atoms with Crippen LogP contribution >= 0.6 is 34.4 Å². The zero-order valence-corrected chi connectivity index (χ0v) is 14.7. The van der Waals surface area contributed by atoms with Crippen molar-refractivity contribution >= 4 is 39.6 Å². The molecule has 0 aromatic carbocycles. The normalized spacial score (nSPS) is 11.8. The Balaban J connectivity index is 1.55. The molecule has 0 saturated heterocycles. The van der Waals surface area contributed by atoms with Crippen molar-refractivity contribution in [2.24, 2.45) is 0 Å². The first-order chi connectivity index (χ1) is 11.4. The van der Waals surface area contributed by atoms with Crippen molar-refractivity contribution in [3.63, 3.8) is 0 Å². The molecule has 0 aliphatic rings. The van der Waals surface area contributed by atoms with Crippen LogP contribution in [-0.4, -0.2) is 27.9 Å². The summed E-state index contributed by atoms with van der Waals surface area (Å²) in [4.78, 5) is 4.48. The van der Waals surface area contributed by atoms with E-state index >= 15 is 0 Å². The summed E-state index contributed by atoms with van der Waals surface area (Å²) in [5, 5.41) is 12.6. The Kier molecular flexibility index (Phi) is 5.11. The molecule has 11 heteroatoms. The highest BCUT2D eigenvalue weighted by atomic mass is 32.2. The van der Waals surface area contributed by atoms with E-state index in [1.54, 1.807) is 0 Å². The lowest BCUT2D eigenvalue weighted by molar-refractivity contribution is -0.115. The van der Waals surface area contributed by atoms with Crippen LogP contribution in [0.15, 0.2) is 26.3 Å². The van der Waals surface area contributed by atoms with Gasteiger partial charge in [-0.2, -0.15) is 13.2 Å². The number of thiazole rings is 1. The molecule has 0 aliphatic heterocycles. The molecule has 0 fully saturated rings. The molecule has 0 saturated carbocycles. The third kappa shape index (κ3) is 4.71. The first kappa shape index (κ1) is 17.2. The van der Waals surface area contributed by atoms with Gasteiger partial charge in [0.2, 0.25) is 5.13 Å². The highest BCUT2D eigenvalue weighted by Crippen LogP contribution is 2.31. The van der Waals surface area contributed by atoms with Crippen LogP contribution in [0, 0.1) is 6.92 Å². The number of anilines is 1. The summed E-state index contributed by atoms with van der Waals surface area (Å²) in [6.45, 7) is 0.748. The smallest absolute Gasteiger partial charge is 0.405 e. The molecule has 0 radical (unpaired) electrons. The van der Waals surface area contributed by atoms with Gasteiger partial charge in [0.05, 0.1) is 5.69 Å². The Morgan fingerprint density at radius 1 is 1.29 bits per heavy atom. The second-order valence-electron chi connectivity index (χ2n) is 4.68. The summed E-state index contributed by atoms with van der Waals surface area (Å²) in [6.07, 6.45) is -4.28. The van der Waals surface area contributed by atoms with E-state index in [1.807, 2.05) is 24.4 Å². The fraction of sp³-hybridized carbons (Fsp3) is 0.308. The molecule has 5 nitrogen and oxygen atoms in total. The van der Waals surface area contributed by atoms with E-state index in [9.17, 15) is 13.2 Å². The molecular formula is C13H11F3N4OS3. The number of nitrogens with zero attached hydrogens (tertiary/aromatic N) is 3. The zero-order valence-electron chi connectivity index (χ0n) is 12.3. The lowest BCUT2D eigenvalue weighted by Gasteiger charge is -2.05. The lowest BCUT2D eigenvalue weighted by atomic mass is 10.4. The van der Waals surface area contributed by atoms with Gasteiger partial charge in [-0.15, -0.1) is 21.5 Å². The Morgan fingerprint density at radius 3 is 2.83 bits per heavy atom. The standard InChI is InChI=1S/C13H11F3N4OS3/c1-7-2-3-9(21-7)10-18-8(4-22-10)5-23-12-20-19-11(24-12)17-6-13(14,15)16/h2-4H,5-6H2,1H3,(H,17,19). The van der Waals surface area contributed by atoms with Crippen LogP contribution in [0.4, 0.5) is 18.3 Å². The summed E-state index contributed by atoms with van der Waals surface area (Å²) in [5.74, 6) is 2.11. The molecule has 24 heavy (non-hydrogen) atoms. The number of furan rings is 1. The SMILES string of the molecule is Cc1ccc(-c2nc(CSc3nnc(NCC(F)(F)F)s3)cs2)o1. The van der Waals surface area contributed by atoms with Gasteiger partial charge in [-0.1, -0.05) is 23.1 Å². The van der Waals surface area contributed by atoms with Crippen molar-refractivity contribution in [3.05, 3.63) is 29.0 Å². The number of aryl methyl sites for hydroxylation is 1. The van der Waals surface area contributed by atoms with E-state index in [4.69, 9.17) is 4.42 Å². The number of rotatable bonds is 6. The largest absolute Gasteiger partial charge is 0.459 e. The number of halogens is 3. The first-order valence-corrected chi connectivity index (χ1v) is 9.35. The predicted octanol–water partition coefficient (Wildman–Crippen LogP) is 4.83. The molecule has 0 aliphatic carbocycles. The Bertz CT molecular complexity index is 811. The Hall–Kier alpha value is -1.59. The van der Waals surface area contributed by atoms with Gasteiger partial charge in [-0.3, -0.25) is 0 Å². The van der Waals surface area contributed by atoms with Gasteiger partial charge >= 0.3 is 6.18 Å². The maximum atomic E-state index is 12.1. The minimum absolute atomic E-state index is 0.153. The van der Waals surface area contributed by atoms with Crippen LogP contribution in [0.25, 0.3) is 10.8 Å². The molecule has 0 amide bonds. The average molecular weight is 392 g/mol. The molecule has 3 aromatic rings. The minimum Gasteiger partial charge on any atom is -0.459 e. The van der Waals surface area contributed by atoms with Gasteiger partial charge in [0.15, 0.2) is 15.1 Å². The Labute approximate surface area is 147 Å². The van der Waals surface area contributed by atoms with Crippen LogP contribution in [-0.2, 0) is 5.75 Å². The van der Waals surface area contributed by atoms with Gasteiger partial charge in [0.25, 0.3) is 0 Å². The molecule has 0 atom stereocenters. The van der Waals surface area contributed by atoms with Crippen LogP contribution in [0.1, 0.15) is 11.5 Å². The molecular weight excluding hydrogens is 381 g/mol. The van der Waals surface area contributed by atoms with Crippen LogP contribution in [0.5, 0.6) is 0 Å². The fourth-order valence-corrected chi connectivity index (χ4v) is 4.21. The third-order valence-electron chi connectivity index (χ3n) is 2.69. The van der Waals surface area contributed by atoms with E-state index < -0.39 is 12.7 Å². The second kappa shape index (κ2) is 7.11. The summed E-state index contributed by atoms with van der Waals surface area (Å²) in [5.41, 5.74) is 0.856. The van der Waals surface area contributed by atoms with Crippen molar-refractivity contribution in [3.8, 4) is 10.8 Å². The van der Waals surface area contributed by atoms with Gasteiger partial charge in [-0.25, -0.2) is 4.98 Å². The fourth-order valence-electron chi connectivity index (χ4n) is 1.69. The quantitative estimate of drug-likeness (QED) is 0.606. The van der Waals surface area contributed by atoms with Gasteiger partial charge in [-0.05, 0) is 19.1 Å². The highest BCUT2D eigenvalue weighted by Gasteiger charge is 2.27. The molecule has 3 rings (SSSR count). The van der Waals surface area contributed by atoms with Crippen LogP contribution in [0.2, 0.25) is 0 Å². The first-order valence-electron chi connectivity index (χ1n) is 6.67. The van der Waals surface area contributed by atoms with Gasteiger partial charge in [0, 0.05) is 11.1 Å². The molecule has 128 valence electrons. The van der Waals surface area contributed by atoms with Crippen LogP contribution in [0.3, 0.4) is 0 Å². The summed E-state index contributed by atoms with van der Waals surface area (Å²) in [6, 6.07) is 3.75. The summed E-state index contributed by atoms with van der Waals surface area (Å²) in [7, 11) is 0. The highest BCUT2D eigenvalue weighted by molar-refractivity contribution is 8.00. The lowest BCUT2D eigenvalue weighted by Crippen LogP contribution is -2.21. The maximum absolute atomic E-state index is 12.1. The summed E-state index contributed by atoms with van der Waals surface area (Å²) < 4.78 is 42.5. The van der Waals surface area contributed by atoms with E-state index in [-0.39, 0.29) is 5.13 Å². The average Bonchev–Trinajstić information content (AvgIpc) is 3.22. The molecule has 3 heterocycles. The third-order valence-corrected chi connectivity index (χ3v) is 5.65. The zero-order chi connectivity index (χ0) is 17.2. The van der Waals surface area contributed by atoms with Gasteiger partial charge in [0.1, 0.15) is 12.3 Å². The van der Waals surface area contributed by atoms with Crippen molar-refractivity contribution < 1.29 is 17.6 Å². The van der Waals surface area contributed by atoms with E-state index in [1.165, 1.54) is 23.1 Å². The van der Waals surface area contributed by atoms with E-state index in [0.717, 1.165) is 33.6 Å². The molecule has 3 aromatic heterocycles. The predicted molar refractivity (Wildman–Crippen MR) is 88.6 cm³/mol. The number of hydrogen-bond donors (Lipinski definition) is 1. The summed E-state index contributed by atoms with van der Waals surface area (Å²) >= 11 is 3.94. The molecule has 0 unspecified atom stereocenters. The monoisotopic (exact) mass is 392 g/mol. The number of hydrogen-bond acceptors (Lipinski definition) is 8. The number of aromatic nitrogens is 3. The number of alkyl halides is 3. The molecule has 1 N–H and O–H groups in total. The molecule has 0 spiro atoms. The maximum Gasteiger partial charge on any atom is 0.405 e. The Morgan fingerprint density at radius 2 is 2.12 bits per heavy atom. The topological polar surface area (TPSA) is 63.8 Å². The number of thioether (sulfide) groups is 1. The van der Waals surface area contributed by atoms with Gasteiger partial charge < -0.3 is 9.73 Å². The van der Waals surface area contributed by atoms with E-state index in [2.05, 4.69) is 20.5 Å². The van der Waals surface area contributed by atoms with Crippen LogP contribution < -0.4 is 5.32 Å². The van der Waals surface area contributed by atoms with Crippen molar-refractivity contribution in [1.82, 2.24) is 15.2 Å². The van der Waals surface area contributed by atoms with Crippen molar-refractivity contribution in [2.75, 3.05) is 11.9 Å². The molecule has 0 bridgehead atoms. The van der Waals surface area contributed by atoms with Crippen molar-refractivity contribution in [2.45, 2.75) is 23.2 Å².